The van der Waals surface area contributed by atoms with Crippen LogP contribution < -0.4 is 0 Å². The SMILES string of the molecule is CC(C)CN1CC(C(=O)N2C[C@@H](C(=O)O)[C@H](C3CC3)C2)CC1=O. The van der Waals surface area contributed by atoms with Gasteiger partial charge in [0.2, 0.25) is 11.8 Å². The van der Waals surface area contributed by atoms with Crippen molar-refractivity contribution in [1.29, 1.82) is 0 Å². The molecule has 0 aromatic carbocycles. The Bertz CT molecular complexity index is 515. The molecule has 1 N–H and O–H groups in total. The first-order valence-corrected chi connectivity index (χ1v) is 8.66. The Morgan fingerprint density at radius 2 is 1.91 bits per heavy atom. The predicted octanol–water partition coefficient (Wildman–Crippen LogP) is 1.06. The third kappa shape index (κ3) is 3.35. The molecule has 0 spiro atoms. The Balaban J connectivity index is 1.62. The van der Waals surface area contributed by atoms with Crippen LogP contribution in [0.1, 0.15) is 33.1 Å². The molecule has 3 rings (SSSR count). The molecule has 2 amide bonds. The molecule has 23 heavy (non-hydrogen) atoms. The normalized spacial score (nSPS) is 31.3. The quantitative estimate of drug-likeness (QED) is 0.821. The molecule has 0 radical (unpaired) electrons. The summed E-state index contributed by atoms with van der Waals surface area (Å²) in [6, 6.07) is 0. The number of hydrogen-bond donors (Lipinski definition) is 1. The van der Waals surface area contributed by atoms with Crippen molar-refractivity contribution in [3.63, 3.8) is 0 Å². The minimum absolute atomic E-state index is 0.0287. The molecule has 128 valence electrons. The van der Waals surface area contributed by atoms with Gasteiger partial charge in [-0.25, -0.2) is 0 Å². The van der Waals surface area contributed by atoms with E-state index < -0.39 is 11.9 Å². The molecule has 3 atom stereocenters. The van der Waals surface area contributed by atoms with Gasteiger partial charge < -0.3 is 14.9 Å². The summed E-state index contributed by atoms with van der Waals surface area (Å²) in [5.41, 5.74) is 0. The number of carbonyl (C=O) groups excluding carboxylic acids is 2. The van der Waals surface area contributed by atoms with Gasteiger partial charge in [0.05, 0.1) is 11.8 Å². The van der Waals surface area contributed by atoms with Crippen molar-refractivity contribution in [2.24, 2.45) is 29.6 Å². The molecule has 0 bridgehead atoms. The van der Waals surface area contributed by atoms with Crippen LogP contribution in [0, 0.1) is 29.6 Å². The van der Waals surface area contributed by atoms with Crippen LogP contribution in [0.15, 0.2) is 0 Å². The van der Waals surface area contributed by atoms with Crippen molar-refractivity contribution in [2.45, 2.75) is 33.1 Å². The Hall–Kier alpha value is -1.59. The van der Waals surface area contributed by atoms with Crippen molar-refractivity contribution >= 4 is 17.8 Å². The first-order chi connectivity index (χ1) is 10.9. The molecule has 1 unspecified atom stereocenters. The Morgan fingerprint density at radius 3 is 2.48 bits per heavy atom. The lowest BCUT2D eigenvalue weighted by molar-refractivity contribution is -0.143. The molecule has 2 saturated heterocycles. The number of hydrogen-bond acceptors (Lipinski definition) is 3. The summed E-state index contributed by atoms with van der Waals surface area (Å²) in [5, 5.41) is 9.41. The van der Waals surface area contributed by atoms with E-state index in [0.717, 1.165) is 12.8 Å². The maximum absolute atomic E-state index is 12.7. The average Bonchev–Trinajstić information content (AvgIpc) is 3.12. The third-order valence-electron chi connectivity index (χ3n) is 5.37. The van der Waals surface area contributed by atoms with Gasteiger partial charge in [-0.2, -0.15) is 0 Å². The van der Waals surface area contributed by atoms with E-state index in [2.05, 4.69) is 13.8 Å². The van der Waals surface area contributed by atoms with Crippen LogP contribution in [0.2, 0.25) is 0 Å². The van der Waals surface area contributed by atoms with E-state index in [-0.39, 0.29) is 30.1 Å². The smallest absolute Gasteiger partial charge is 0.308 e. The van der Waals surface area contributed by atoms with Crippen LogP contribution >= 0.6 is 0 Å². The third-order valence-corrected chi connectivity index (χ3v) is 5.37. The molecule has 2 heterocycles. The Labute approximate surface area is 136 Å². The summed E-state index contributed by atoms with van der Waals surface area (Å²) < 4.78 is 0. The first-order valence-electron chi connectivity index (χ1n) is 8.66. The maximum atomic E-state index is 12.7. The summed E-state index contributed by atoms with van der Waals surface area (Å²) in [6.07, 6.45) is 2.44. The minimum atomic E-state index is -0.791. The monoisotopic (exact) mass is 322 g/mol. The van der Waals surface area contributed by atoms with Gasteiger partial charge in [-0.15, -0.1) is 0 Å². The van der Waals surface area contributed by atoms with Crippen LogP contribution in [0.3, 0.4) is 0 Å². The number of nitrogens with zero attached hydrogens (tertiary/aromatic N) is 2. The molecule has 6 nitrogen and oxygen atoms in total. The highest BCUT2D eigenvalue weighted by Gasteiger charge is 2.48. The summed E-state index contributed by atoms with van der Waals surface area (Å²) >= 11 is 0. The van der Waals surface area contributed by atoms with E-state index in [1.807, 2.05) is 0 Å². The van der Waals surface area contributed by atoms with Crippen LogP contribution in [0.4, 0.5) is 0 Å². The van der Waals surface area contributed by atoms with E-state index >= 15 is 0 Å². The van der Waals surface area contributed by atoms with Gasteiger partial charge in [0, 0.05) is 32.6 Å². The van der Waals surface area contributed by atoms with E-state index in [1.54, 1.807) is 9.80 Å². The first kappa shape index (κ1) is 16.3. The average molecular weight is 322 g/mol. The van der Waals surface area contributed by atoms with Crippen LogP contribution in [0.25, 0.3) is 0 Å². The number of carbonyl (C=O) groups is 3. The lowest BCUT2D eigenvalue weighted by Gasteiger charge is -2.22. The van der Waals surface area contributed by atoms with Gasteiger partial charge in [-0.05, 0) is 30.6 Å². The van der Waals surface area contributed by atoms with Gasteiger partial charge in [0.15, 0.2) is 0 Å². The van der Waals surface area contributed by atoms with E-state index in [1.165, 1.54) is 0 Å². The zero-order valence-corrected chi connectivity index (χ0v) is 13.9. The van der Waals surface area contributed by atoms with Gasteiger partial charge in [-0.1, -0.05) is 13.8 Å². The highest BCUT2D eigenvalue weighted by molar-refractivity contribution is 5.89. The molecular formula is C17H26N2O4. The van der Waals surface area contributed by atoms with Crippen molar-refractivity contribution in [3.8, 4) is 0 Å². The minimum Gasteiger partial charge on any atom is -0.481 e. The number of aliphatic carboxylic acids is 1. The number of likely N-dealkylation sites (tertiary alicyclic amines) is 2. The zero-order valence-electron chi connectivity index (χ0n) is 13.9. The van der Waals surface area contributed by atoms with E-state index in [0.29, 0.717) is 38.0 Å². The molecule has 2 aliphatic heterocycles. The van der Waals surface area contributed by atoms with Gasteiger partial charge in [0.1, 0.15) is 0 Å². The molecule has 1 saturated carbocycles. The summed E-state index contributed by atoms with van der Waals surface area (Å²) in [7, 11) is 0. The summed E-state index contributed by atoms with van der Waals surface area (Å²) in [4.78, 5) is 39.7. The molecule has 3 aliphatic rings. The standard InChI is InChI=1S/C17H26N2O4/c1-10(2)6-18-7-12(5-15(18)20)16(21)19-8-13(11-3-4-11)14(9-19)17(22)23/h10-14H,3-9H2,1-2H3,(H,22,23)/t12?,13-,14+/m0/s1. The van der Waals surface area contributed by atoms with Crippen molar-refractivity contribution in [3.05, 3.63) is 0 Å². The lowest BCUT2D eigenvalue weighted by Crippen LogP contribution is -2.37. The Kier molecular flexibility index (Phi) is 4.34. The predicted molar refractivity (Wildman–Crippen MR) is 83.4 cm³/mol. The number of carboxylic acid groups (broad SMARTS) is 1. The van der Waals surface area contributed by atoms with Crippen molar-refractivity contribution in [2.75, 3.05) is 26.2 Å². The molecule has 0 aromatic rings. The van der Waals surface area contributed by atoms with Gasteiger partial charge in [-0.3, -0.25) is 14.4 Å². The highest BCUT2D eigenvalue weighted by Crippen LogP contribution is 2.44. The molecule has 0 aromatic heterocycles. The number of carboxylic acids is 1. The Morgan fingerprint density at radius 1 is 1.22 bits per heavy atom. The van der Waals surface area contributed by atoms with Crippen LogP contribution in [0.5, 0.6) is 0 Å². The topological polar surface area (TPSA) is 77.9 Å². The fourth-order valence-corrected chi connectivity index (χ4v) is 4.09. The zero-order chi connectivity index (χ0) is 16.7. The molecule has 3 fully saturated rings. The molecular weight excluding hydrogens is 296 g/mol. The molecule has 1 aliphatic carbocycles. The fraction of sp³-hybridized carbons (Fsp3) is 0.824. The molecule has 6 heteroatoms. The van der Waals surface area contributed by atoms with E-state index in [9.17, 15) is 19.5 Å². The summed E-state index contributed by atoms with van der Waals surface area (Å²) in [5.74, 6) is -0.555. The van der Waals surface area contributed by atoms with Gasteiger partial charge in [0.25, 0.3) is 0 Å². The lowest BCUT2D eigenvalue weighted by atomic mass is 9.92. The van der Waals surface area contributed by atoms with Crippen molar-refractivity contribution in [1.82, 2.24) is 9.80 Å². The van der Waals surface area contributed by atoms with E-state index in [4.69, 9.17) is 0 Å². The maximum Gasteiger partial charge on any atom is 0.308 e. The largest absolute Gasteiger partial charge is 0.481 e. The second-order valence-electron chi connectivity index (χ2n) is 7.78. The fourth-order valence-electron chi connectivity index (χ4n) is 4.09. The number of rotatable bonds is 5. The second-order valence-corrected chi connectivity index (χ2v) is 7.78. The van der Waals surface area contributed by atoms with Crippen LogP contribution in [-0.2, 0) is 14.4 Å². The van der Waals surface area contributed by atoms with Crippen LogP contribution in [-0.4, -0.2) is 58.9 Å². The van der Waals surface area contributed by atoms with Crippen molar-refractivity contribution < 1.29 is 19.5 Å². The van der Waals surface area contributed by atoms with Gasteiger partial charge >= 0.3 is 5.97 Å². The number of amides is 2. The second kappa shape index (κ2) is 6.13. The summed E-state index contributed by atoms with van der Waals surface area (Å²) in [6.45, 7) is 6.14. The highest BCUT2D eigenvalue weighted by atomic mass is 16.4.